The second-order valence-electron chi connectivity index (χ2n) is 7.55. The Kier molecular flexibility index (Phi) is 6.35. The zero-order valence-corrected chi connectivity index (χ0v) is 17.2. The molecule has 4 rings (SSSR count). The highest BCUT2D eigenvalue weighted by molar-refractivity contribution is 5.78. The summed E-state index contributed by atoms with van der Waals surface area (Å²) in [6, 6.07) is 20.5. The molecule has 0 saturated carbocycles. The Morgan fingerprint density at radius 3 is 2.20 bits per heavy atom. The minimum absolute atomic E-state index is 0.0187. The summed E-state index contributed by atoms with van der Waals surface area (Å²) in [5.41, 5.74) is 3.53. The van der Waals surface area contributed by atoms with E-state index >= 15 is 0 Å². The van der Waals surface area contributed by atoms with E-state index in [4.69, 9.17) is 0 Å². The van der Waals surface area contributed by atoms with Gasteiger partial charge in [0.25, 0.3) is 0 Å². The smallest absolute Gasteiger partial charge is 0.236 e. The molecule has 0 aliphatic carbocycles. The van der Waals surface area contributed by atoms with Crippen molar-refractivity contribution >= 4 is 11.9 Å². The maximum Gasteiger partial charge on any atom is 0.236 e. The van der Waals surface area contributed by atoms with Gasteiger partial charge in [0, 0.05) is 38.6 Å². The Morgan fingerprint density at radius 2 is 1.53 bits per heavy atom. The number of nitrogens with zero attached hydrogens (tertiary/aromatic N) is 4. The fraction of sp³-hybridized carbons (Fsp3) is 0.292. The van der Waals surface area contributed by atoms with Gasteiger partial charge in [0.05, 0.1) is 12.6 Å². The van der Waals surface area contributed by atoms with Crippen molar-refractivity contribution in [1.82, 2.24) is 20.2 Å². The first-order valence-corrected chi connectivity index (χ1v) is 10.4. The van der Waals surface area contributed by atoms with Crippen LogP contribution in [0.2, 0.25) is 0 Å². The summed E-state index contributed by atoms with van der Waals surface area (Å²) in [7, 11) is 0. The van der Waals surface area contributed by atoms with Crippen molar-refractivity contribution in [3.63, 3.8) is 0 Å². The van der Waals surface area contributed by atoms with Gasteiger partial charge < -0.3 is 9.80 Å². The highest BCUT2D eigenvalue weighted by atomic mass is 16.2. The summed E-state index contributed by atoms with van der Waals surface area (Å²) in [4.78, 5) is 25.5. The number of carbonyl (C=O) groups is 1. The van der Waals surface area contributed by atoms with Crippen LogP contribution in [0, 0.1) is 6.92 Å². The van der Waals surface area contributed by atoms with Crippen LogP contribution in [0.15, 0.2) is 73.1 Å². The largest absolute Gasteiger partial charge is 0.338 e. The molecule has 1 N–H and O–H groups in total. The summed E-state index contributed by atoms with van der Waals surface area (Å²) in [5.74, 6) is 0.850. The Hall–Kier alpha value is -3.25. The highest BCUT2D eigenvalue weighted by Crippen LogP contribution is 2.22. The molecule has 30 heavy (non-hydrogen) atoms. The molecule has 1 aliphatic rings. The van der Waals surface area contributed by atoms with Crippen LogP contribution in [0.1, 0.15) is 22.7 Å². The molecule has 1 atom stereocenters. The number of rotatable bonds is 6. The average molecular weight is 402 g/mol. The molecule has 0 radical (unpaired) electrons. The zero-order valence-electron chi connectivity index (χ0n) is 17.2. The third-order valence-corrected chi connectivity index (χ3v) is 5.47. The Balaban J connectivity index is 1.38. The van der Waals surface area contributed by atoms with Gasteiger partial charge in [-0.3, -0.25) is 10.1 Å². The number of aryl methyl sites for hydroxylation is 1. The molecule has 6 heteroatoms. The number of hydrogen-bond acceptors (Lipinski definition) is 5. The second kappa shape index (κ2) is 9.50. The molecule has 0 spiro atoms. The van der Waals surface area contributed by atoms with E-state index in [9.17, 15) is 4.79 Å². The quantitative estimate of drug-likeness (QED) is 0.688. The third kappa shape index (κ3) is 4.83. The lowest BCUT2D eigenvalue weighted by molar-refractivity contribution is -0.130. The fourth-order valence-electron chi connectivity index (χ4n) is 3.74. The van der Waals surface area contributed by atoms with E-state index in [0.717, 1.165) is 30.2 Å². The first-order chi connectivity index (χ1) is 14.7. The molecule has 1 fully saturated rings. The SMILES string of the molecule is Cc1ccc([C@H](NCC(=O)N2CCN(c3ncccn3)CC2)c2ccccc2)cc1. The van der Waals surface area contributed by atoms with E-state index in [2.05, 4.69) is 63.5 Å². The lowest BCUT2D eigenvalue weighted by atomic mass is 9.98. The molecule has 0 bridgehead atoms. The van der Waals surface area contributed by atoms with Crippen LogP contribution < -0.4 is 10.2 Å². The summed E-state index contributed by atoms with van der Waals surface area (Å²) < 4.78 is 0. The van der Waals surface area contributed by atoms with Gasteiger partial charge in [0.2, 0.25) is 11.9 Å². The van der Waals surface area contributed by atoms with E-state index in [1.807, 2.05) is 29.2 Å². The maximum absolute atomic E-state index is 12.9. The number of nitrogens with one attached hydrogen (secondary N) is 1. The third-order valence-electron chi connectivity index (χ3n) is 5.47. The van der Waals surface area contributed by atoms with Gasteiger partial charge >= 0.3 is 0 Å². The highest BCUT2D eigenvalue weighted by Gasteiger charge is 2.23. The van der Waals surface area contributed by atoms with Crippen molar-refractivity contribution < 1.29 is 4.79 Å². The van der Waals surface area contributed by atoms with Crippen LogP contribution in [0.25, 0.3) is 0 Å². The predicted molar refractivity (Wildman–Crippen MR) is 118 cm³/mol. The molecule has 1 saturated heterocycles. The first kappa shape index (κ1) is 20.0. The summed E-state index contributed by atoms with van der Waals surface area (Å²) in [6.07, 6.45) is 3.50. The number of hydrogen-bond donors (Lipinski definition) is 1. The summed E-state index contributed by atoms with van der Waals surface area (Å²) in [6.45, 7) is 5.23. The Labute approximate surface area is 177 Å². The van der Waals surface area contributed by atoms with Crippen molar-refractivity contribution in [3.05, 3.63) is 89.7 Å². The Bertz CT molecular complexity index is 938. The molecule has 6 nitrogen and oxygen atoms in total. The van der Waals surface area contributed by atoms with E-state index in [-0.39, 0.29) is 11.9 Å². The van der Waals surface area contributed by atoms with Gasteiger partial charge in [0.1, 0.15) is 0 Å². The molecule has 2 aromatic carbocycles. The number of piperazine rings is 1. The van der Waals surface area contributed by atoms with E-state index in [1.54, 1.807) is 12.4 Å². The predicted octanol–water partition coefficient (Wildman–Crippen LogP) is 2.81. The number of aromatic nitrogens is 2. The lowest BCUT2D eigenvalue weighted by Crippen LogP contribution is -2.51. The maximum atomic E-state index is 12.9. The molecule has 154 valence electrons. The molecular formula is C24H27N5O. The van der Waals surface area contributed by atoms with Gasteiger partial charge in [-0.1, -0.05) is 60.2 Å². The monoisotopic (exact) mass is 401 g/mol. The summed E-state index contributed by atoms with van der Waals surface area (Å²) in [5, 5.41) is 3.48. The first-order valence-electron chi connectivity index (χ1n) is 10.4. The van der Waals surface area contributed by atoms with Crippen LogP contribution in [0.3, 0.4) is 0 Å². The second-order valence-corrected chi connectivity index (χ2v) is 7.55. The molecule has 3 aromatic rings. The molecule has 1 aromatic heterocycles. The van der Waals surface area contributed by atoms with Crippen LogP contribution in [0.4, 0.5) is 5.95 Å². The van der Waals surface area contributed by atoms with Crippen LogP contribution >= 0.6 is 0 Å². The number of amides is 1. The van der Waals surface area contributed by atoms with E-state index < -0.39 is 0 Å². The number of carbonyl (C=O) groups excluding carboxylic acids is 1. The van der Waals surface area contributed by atoms with Crippen molar-refractivity contribution in [2.24, 2.45) is 0 Å². The normalized spacial score (nSPS) is 15.1. The van der Waals surface area contributed by atoms with Gasteiger partial charge in [-0.2, -0.15) is 0 Å². The zero-order chi connectivity index (χ0) is 20.8. The average Bonchev–Trinajstić information content (AvgIpc) is 2.81. The molecule has 2 heterocycles. The number of anilines is 1. The van der Waals surface area contributed by atoms with Crippen molar-refractivity contribution in [1.29, 1.82) is 0 Å². The standard InChI is InChI=1S/C24H27N5O/c1-19-8-10-21(11-9-19)23(20-6-3-2-4-7-20)27-18-22(30)28-14-16-29(17-15-28)24-25-12-5-13-26-24/h2-13,23,27H,14-18H2,1H3/t23-/m1/s1. The van der Waals surface area contributed by atoms with Crippen molar-refractivity contribution in [2.45, 2.75) is 13.0 Å². The van der Waals surface area contributed by atoms with E-state index in [1.165, 1.54) is 5.56 Å². The van der Waals surface area contributed by atoms with Crippen molar-refractivity contribution in [2.75, 3.05) is 37.6 Å². The molecular weight excluding hydrogens is 374 g/mol. The Morgan fingerprint density at radius 1 is 0.900 bits per heavy atom. The van der Waals surface area contributed by atoms with Gasteiger partial charge in [-0.25, -0.2) is 9.97 Å². The number of benzene rings is 2. The van der Waals surface area contributed by atoms with Crippen LogP contribution in [-0.4, -0.2) is 53.5 Å². The fourth-order valence-corrected chi connectivity index (χ4v) is 3.74. The van der Waals surface area contributed by atoms with E-state index in [0.29, 0.717) is 19.6 Å². The van der Waals surface area contributed by atoms with Gasteiger partial charge in [-0.05, 0) is 24.1 Å². The van der Waals surface area contributed by atoms with Crippen LogP contribution in [0.5, 0.6) is 0 Å². The minimum atomic E-state index is -0.0187. The lowest BCUT2D eigenvalue weighted by Gasteiger charge is -2.35. The van der Waals surface area contributed by atoms with Crippen LogP contribution in [-0.2, 0) is 4.79 Å². The topological polar surface area (TPSA) is 61.4 Å². The molecule has 1 amide bonds. The molecule has 1 aliphatic heterocycles. The summed E-state index contributed by atoms with van der Waals surface area (Å²) >= 11 is 0. The van der Waals surface area contributed by atoms with Gasteiger partial charge in [0.15, 0.2) is 0 Å². The minimum Gasteiger partial charge on any atom is -0.338 e. The molecule has 0 unspecified atom stereocenters. The van der Waals surface area contributed by atoms with Crippen molar-refractivity contribution in [3.8, 4) is 0 Å². The van der Waals surface area contributed by atoms with Gasteiger partial charge in [-0.15, -0.1) is 0 Å².